The minimum Gasteiger partial charge on any atom is -0.288 e. The van der Waals surface area contributed by atoms with E-state index in [0.29, 0.717) is 18.2 Å². The van der Waals surface area contributed by atoms with Gasteiger partial charge in [0.2, 0.25) is 0 Å². The Bertz CT molecular complexity index is 651. The number of aromatic nitrogens is 4. The molecule has 2 rings (SSSR count). The Morgan fingerprint density at radius 1 is 1.35 bits per heavy atom. The molecule has 1 amide bonds. The molecular formula is C10H7F4N5O. The summed E-state index contributed by atoms with van der Waals surface area (Å²) in [6.07, 6.45) is -4.67. The highest BCUT2D eigenvalue weighted by Crippen LogP contribution is 2.30. The molecule has 0 saturated heterocycles. The highest BCUT2D eigenvalue weighted by atomic mass is 19.4. The van der Waals surface area contributed by atoms with Crippen LogP contribution in [0.1, 0.15) is 15.9 Å². The fraction of sp³-hybridized carbons (Fsp3) is 0.200. The number of tetrazole rings is 1. The zero-order valence-corrected chi connectivity index (χ0v) is 9.94. The molecule has 6 nitrogen and oxygen atoms in total. The number of nitrogens with one attached hydrogen (secondary N) is 1. The van der Waals surface area contributed by atoms with Crippen molar-refractivity contribution < 1.29 is 22.4 Å². The van der Waals surface area contributed by atoms with E-state index >= 15 is 0 Å². The standard InChI is InChI=1S/C10H7F4N5O/c1-19-17-9(16-18-19)15-8(20)6-4-5(10(12,13)14)2-3-7(6)11/h2-4H,1H3,(H,15,17,20). The Hall–Kier alpha value is -2.52. The monoisotopic (exact) mass is 289 g/mol. The van der Waals surface area contributed by atoms with Gasteiger partial charge in [0.25, 0.3) is 11.9 Å². The molecule has 1 aromatic carbocycles. The summed E-state index contributed by atoms with van der Waals surface area (Å²) in [5.41, 5.74) is -1.89. The number of benzene rings is 1. The Morgan fingerprint density at radius 3 is 2.60 bits per heavy atom. The van der Waals surface area contributed by atoms with E-state index in [9.17, 15) is 22.4 Å². The van der Waals surface area contributed by atoms with Crippen molar-refractivity contribution in [3.05, 3.63) is 35.1 Å². The maximum Gasteiger partial charge on any atom is 0.416 e. The number of aryl methyl sites for hydroxylation is 1. The van der Waals surface area contributed by atoms with Gasteiger partial charge in [-0.25, -0.2) is 4.39 Å². The summed E-state index contributed by atoms with van der Waals surface area (Å²) in [6, 6.07) is 1.54. The molecule has 0 aliphatic carbocycles. The minimum atomic E-state index is -4.67. The molecule has 2 aromatic rings. The van der Waals surface area contributed by atoms with Gasteiger partial charge in [-0.1, -0.05) is 5.10 Å². The van der Waals surface area contributed by atoms with Crippen molar-refractivity contribution >= 4 is 11.9 Å². The lowest BCUT2D eigenvalue weighted by atomic mass is 10.1. The molecule has 0 unspecified atom stereocenters. The van der Waals surface area contributed by atoms with E-state index in [0.717, 1.165) is 4.80 Å². The molecule has 0 aliphatic heterocycles. The molecule has 1 N–H and O–H groups in total. The van der Waals surface area contributed by atoms with Gasteiger partial charge < -0.3 is 0 Å². The van der Waals surface area contributed by atoms with Gasteiger partial charge in [-0.3, -0.25) is 10.1 Å². The van der Waals surface area contributed by atoms with Crippen molar-refractivity contribution in [1.82, 2.24) is 20.2 Å². The number of amides is 1. The third-order valence-electron chi connectivity index (χ3n) is 2.27. The molecule has 0 saturated carbocycles. The van der Waals surface area contributed by atoms with Crippen molar-refractivity contribution in [3.8, 4) is 0 Å². The van der Waals surface area contributed by atoms with Crippen LogP contribution in [0, 0.1) is 5.82 Å². The van der Waals surface area contributed by atoms with Gasteiger partial charge in [0, 0.05) is 0 Å². The highest BCUT2D eigenvalue weighted by Gasteiger charge is 2.32. The van der Waals surface area contributed by atoms with Crippen LogP contribution in [0.2, 0.25) is 0 Å². The average molecular weight is 289 g/mol. The first kappa shape index (κ1) is 13.9. The zero-order chi connectivity index (χ0) is 14.9. The van der Waals surface area contributed by atoms with Gasteiger partial charge in [-0.05, 0) is 23.4 Å². The molecule has 0 spiro atoms. The predicted molar refractivity (Wildman–Crippen MR) is 58.2 cm³/mol. The first-order valence-electron chi connectivity index (χ1n) is 5.19. The summed E-state index contributed by atoms with van der Waals surface area (Å²) in [7, 11) is 1.42. The molecule has 0 bridgehead atoms. The summed E-state index contributed by atoms with van der Waals surface area (Å²) >= 11 is 0. The van der Waals surface area contributed by atoms with E-state index in [4.69, 9.17) is 0 Å². The summed E-state index contributed by atoms with van der Waals surface area (Å²) < 4.78 is 50.9. The van der Waals surface area contributed by atoms with Gasteiger partial charge in [0.1, 0.15) is 5.82 Å². The number of carbonyl (C=O) groups is 1. The number of anilines is 1. The summed E-state index contributed by atoms with van der Waals surface area (Å²) in [4.78, 5) is 12.7. The molecular weight excluding hydrogens is 282 g/mol. The van der Waals surface area contributed by atoms with Gasteiger partial charge in [-0.2, -0.15) is 18.0 Å². The fourth-order valence-corrected chi connectivity index (χ4v) is 1.38. The lowest BCUT2D eigenvalue weighted by Crippen LogP contribution is -2.17. The number of halogens is 4. The van der Waals surface area contributed by atoms with Gasteiger partial charge in [-0.15, -0.1) is 5.10 Å². The van der Waals surface area contributed by atoms with E-state index in [1.807, 2.05) is 5.32 Å². The first-order valence-corrected chi connectivity index (χ1v) is 5.19. The van der Waals surface area contributed by atoms with E-state index < -0.39 is 29.0 Å². The Labute approximate surface area is 109 Å². The number of alkyl halides is 3. The van der Waals surface area contributed by atoms with E-state index in [1.165, 1.54) is 7.05 Å². The number of nitrogens with zero attached hydrogens (tertiary/aromatic N) is 4. The largest absolute Gasteiger partial charge is 0.416 e. The van der Waals surface area contributed by atoms with Crippen LogP contribution in [0.15, 0.2) is 18.2 Å². The smallest absolute Gasteiger partial charge is 0.288 e. The van der Waals surface area contributed by atoms with Crippen LogP contribution >= 0.6 is 0 Å². The molecule has 0 aliphatic rings. The summed E-state index contributed by atoms with van der Waals surface area (Å²) in [6.45, 7) is 0. The van der Waals surface area contributed by atoms with E-state index in [2.05, 4.69) is 15.4 Å². The second kappa shape index (κ2) is 4.87. The van der Waals surface area contributed by atoms with Crippen molar-refractivity contribution in [3.63, 3.8) is 0 Å². The molecule has 1 aromatic heterocycles. The second-order valence-corrected chi connectivity index (χ2v) is 3.75. The van der Waals surface area contributed by atoms with Crippen molar-refractivity contribution in [2.24, 2.45) is 7.05 Å². The Balaban J connectivity index is 2.29. The molecule has 1 heterocycles. The lowest BCUT2D eigenvalue weighted by molar-refractivity contribution is -0.137. The SMILES string of the molecule is Cn1nnc(NC(=O)c2cc(C(F)(F)F)ccc2F)n1. The number of rotatable bonds is 2. The molecule has 106 valence electrons. The molecule has 0 radical (unpaired) electrons. The van der Waals surface area contributed by atoms with Gasteiger partial charge in [0.15, 0.2) is 0 Å². The van der Waals surface area contributed by atoms with Crippen LogP contribution in [0.4, 0.5) is 23.5 Å². The van der Waals surface area contributed by atoms with Crippen molar-refractivity contribution in [1.29, 1.82) is 0 Å². The first-order chi connectivity index (χ1) is 9.27. The minimum absolute atomic E-state index is 0.241. The van der Waals surface area contributed by atoms with E-state index in [1.54, 1.807) is 0 Å². The van der Waals surface area contributed by atoms with Crippen molar-refractivity contribution in [2.45, 2.75) is 6.18 Å². The Morgan fingerprint density at radius 2 is 2.05 bits per heavy atom. The maximum atomic E-state index is 13.4. The van der Waals surface area contributed by atoms with Crippen LogP contribution in [-0.4, -0.2) is 26.1 Å². The van der Waals surface area contributed by atoms with Gasteiger partial charge >= 0.3 is 6.18 Å². The van der Waals surface area contributed by atoms with Crippen LogP contribution in [-0.2, 0) is 13.2 Å². The summed E-state index contributed by atoms with van der Waals surface area (Å²) in [5.74, 6) is -2.42. The van der Waals surface area contributed by atoms with Crippen LogP contribution in [0.3, 0.4) is 0 Å². The Kier molecular flexibility index (Phi) is 3.38. The fourth-order valence-electron chi connectivity index (χ4n) is 1.38. The quantitative estimate of drug-likeness (QED) is 0.853. The van der Waals surface area contributed by atoms with Crippen LogP contribution < -0.4 is 5.32 Å². The number of hydrogen-bond donors (Lipinski definition) is 1. The van der Waals surface area contributed by atoms with Crippen LogP contribution in [0.5, 0.6) is 0 Å². The lowest BCUT2D eigenvalue weighted by Gasteiger charge is -2.09. The summed E-state index contributed by atoms with van der Waals surface area (Å²) in [5, 5.41) is 12.5. The number of carbonyl (C=O) groups excluding carboxylic acids is 1. The maximum absolute atomic E-state index is 13.4. The third-order valence-corrected chi connectivity index (χ3v) is 2.27. The average Bonchev–Trinajstić information content (AvgIpc) is 2.73. The van der Waals surface area contributed by atoms with E-state index in [-0.39, 0.29) is 5.95 Å². The highest BCUT2D eigenvalue weighted by molar-refractivity contribution is 6.03. The van der Waals surface area contributed by atoms with Crippen molar-refractivity contribution in [2.75, 3.05) is 5.32 Å². The molecule has 20 heavy (non-hydrogen) atoms. The van der Waals surface area contributed by atoms with Gasteiger partial charge in [0.05, 0.1) is 18.2 Å². The van der Waals surface area contributed by atoms with Crippen LogP contribution in [0.25, 0.3) is 0 Å². The second-order valence-electron chi connectivity index (χ2n) is 3.75. The molecule has 0 atom stereocenters. The topological polar surface area (TPSA) is 72.7 Å². The zero-order valence-electron chi connectivity index (χ0n) is 9.94. The molecule has 0 fully saturated rings. The predicted octanol–water partition coefficient (Wildman–Crippen LogP) is 1.62. The normalized spacial score (nSPS) is 11.4. The molecule has 10 heteroatoms. The third kappa shape index (κ3) is 2.90. The number of hydrogen-bond acceptors (Lipinski definition) is 4.